The molecule has 0 bridgehead atoms. The second kappa shape index (κ2) is 9.27. The molecule has 1 fully saturated rings. The highest BCUT2D eigenvalue weighted by atomic mass is 32.2. The number of piperazine rings is 1. The fourth-order valence-corrected chi connectivity index (χ4v) is 5.35. The molecule has 0 aliphatic carbocycles. The maximum atomic E-state index is 13.0. The molecule has 1 aliphatic heterocycles. The molecule has 1 aliphatic rings. The number of fused-ring (bicyclic) bond motifs is 1. The summed E-state index contributed by atoms with van der Waals surface area (Å²) in [5.41, 5.74) is 1.23. The van der Waals surface area contributed by atoms with Crippen molar-refractivity contribution >= 4 is 42.7 Å². The lowest BCUT2D eigenvalue weighted by Crippen LogP contribution is -2.48. The number of sulfonamides is 1. The summed E-state index contributed by atoms with van der Waals surface area (Å²) < 4.78 is 32.2. The highest BCUT2D eigenvalue weighted by Crippen LogP contribution is 2.27. The number of carbonyl (C=O) groups is 1. The zero-order chi connectivity index (χ0) is 21.8. The van der Waals surface area contributed by atoms with E-state index in [1.165, 1.54) is 19.2 Å². The molecule has 1 saturated heterocycles. The van der Waals surface area contributed by atoms with Crippen LogP contribution in [0.1, 0.15) is 10.4 Å². The lowest BCUT2D eigenvalue weighted by molar-refractivity contribution is 0.0746. The van der Waals surface area contributed by atoms with Gasteiger partial charge in [0.05, 0.1) is 11.5 Å². The number of hydrogen-bond donors (Lipinski definition) is 1. The first-order valence-corrected chi connectivity index (χ1v) is 12.1. The van der Waals surface area contributed by atoms with Gasteiger partial charge in [-0.25, -0.2) is 23.1 Å². The van der Waals surface area contributed by atoms with Crippen LogP contribution in [0.2, 0.25) is 0 Å². The van der Waals surface area contributed by atoms with E-state index in [9.17, 15) is 13.2 Å². The molecule has 11 heteroatoms. The minimum Gasteiger partial charge on any atom is -0.383 e. The van der Waals surface area contributed by atoms with E-state index >= 15 is 0 Å². The van der Waals surface area contributed by atoms with Crippen molar-refractivity contribution in [2.75, 3.05) is 51.3 Å². The van der Waals surface area contributed by atoms with Gasteiger partial charge in [-0.1, -0.05) is 17.4 Å². The maximum absolute atomic E-state index is 13.0. The van der Waals surface area contributed by atoms with Crippen molar-refractivity contribution in [3.05, 3.63) is 48.2 Å². The number of pyridine rings is 1. The fraction of sp³-hybridized carbons (Fsp3) is 0.350. The largest absolute Gasteiger partial charge is 0.383 e. The number of nitrogens with one attached hydrogen (secondary N) is 1. The highest BCUT2D eigenvalue weighted by molar-refractivity contribution is 7.89. The summed E-state index contributed by atoms with van der Waals surface area (Å²) in [5, 5.41) is 0.899. The van der Waals surface area contributed by atoms with E-state index in [1.807, 2.05) is 12.1 Å². The van der Waals surface area contributed by atoms with Crippen LogP contribution >= 0.6 is 11.3 Å². The molecule has 9 nitrogen and oxygen atoms in total. The van der Waals surface area contributed by atoms with Gasteiger partial charge in [-0.3, -0.25) is 4.79 Å². The van der Waals surface area contributed by atoms with Gasteiger partial charge in [0.15, 0.2) is 5.13 Å². The molecule has 3 aromatic rings. The molecule has 0 spiro atoms. The van der Waals surface area contributed by atoms with Crippen LogP contribution in [0.15, 0.2) is 47.5 Å². The number of amides is 1. The van der Waals surface area contributed by atoms with E-state index < -0.39 is 10.0 Å². The molecule has 4 rings (SSSR count). The van der Waals surface area contributed by atoms with E-state index in [2.05, 4.69) is 19.6 Å². The van der Waals surface area contributed by atoms with Gasteiger partial charge in [0.1, 0.15) is 10.3 Å². The molecular weight excluding hydrogens is 438 g/mol. The van der Waals surface area contributed by atoms with E-state index in [-0.39, 0.29) is 24.0 Å². The van der Waals surface area contributed by atoms with E-state index in [0.717, 1.165) is 15.5 Å². The smallest absolute Gasteiger partial charge is 0.254 e. The number of ether oxygens (including phenoxy) is 1. The summed E-state index contributed by atoms with van der Waals surface area (Å²) >= 11 is 1.54. The number of anilines is 1. The Hall–Kier alpha value is -2.60. The number of benzene rings is 1. The van der Waals surface area contributed by atoms with E-state index in [4.69, 9.17) is 4.74 Å². The molecule has 1 amide bonds. The lowest BCUT2D eigenvalue weighted by atomic mass is 10.2. The van der Waals surface area contributed by atoms with Crippen molar-refractivity contribution in [1.82, 2.24) is 19.6 Å². The van der Waals surface area contributed by atoms with Gasteiger partial charge in [0, 0.05) is 51.6 Å². The Morgan fingerprint density at radius 3 is 2.74 bits per heavy atom. The average Bonchev–Trinajstić information content (AvgIpc) is 3.23. The van der Waals surface area contributed by atoms with Crippen LogP contribution in [-0.2, 0) is 14.8 Å². The lowest BCUT2D eigenvalue weighted by Gasteiger charge is -2.34. The SMILES string of the molecule is COCCNS(=O)(=O)c1cccc(C(=O)N2CCN(c3nc4cccnc4s3)CC2)c1. The number of thiazole rings is 1. The van der Waals surface area contributed by atoms with Gasteiger partial charge in [-0.05, 0) is 30.3 Å². The van der Waals surface area contributed by atoms with Crippen LogP contribution in [-0.4, -0.2) is 75.6 Å². The monoisotopic (exact) mass is 461 g/mol. The maximum Gasteiger partial charge on any atom is 0.254 e. The summed E-state index contributed by atoms with van der Waals surface area (Å²) in [6.07, 6.45) is 1.75. The Kier molecular flexibility index (Phi) is 6.46. The van der Waals surface area contributed by atoms with Gasteiger partial charge < -0.3 is 14.5 Å². The molecule has 31 heavy (non-hydrogen) atoms. The molecule has 3 heterocycles. The summed E-state index contributed by atoms with van der Waals surface area (Å²) in [6.45, 7) is 2.81. The normalized spacial score (nSPS) is 14.9. The Morgan fingerprint density at radius 1 is 1.19 bits per heavy atom. The van der Waals surface area contributed by atoms with E-state index in [1.54, 1.807) is 34.6 Å². The Morgan fingerprint density at radius 2 is 2.00 bits per heavy atom. The Balaban J connectivity index is 1.41. The summed E-state index contributed by atoms with van der Waals surface area (Å²) in [4.78, 5) is 26.8. The van der Waals surface area contributed by atoms with Crippen molar-refractivity contribution < 1.29 is 17.9 Å². The molecule has 1 N–H and O–H groups in total. The van der Waals surface area contributed by atoms with Crippen LogP contribution in [0.5, 0.6) is 0 Å². The predicted octanol–water partition coefficient (Wildman–Crippen LogP) is 1.58. The van der Waals surface area contributed by atoms with Crippen LogP contribution in [0.25, 0.3) is 10.3 Å². The van der Waals surface area contributed by atoms with Crippen molar-refractivity contribution in [1.29, 1.82) is 0 Å². The van der Waals surface area contributed by atoms with Gasteiger partial charge in [0.2, 0.25) is 10.0 Å². The third kappa shape index (κ3) is 4.85. The quantitative estimate of drug-likeness (QED) is 0.533. The minimum atomic E-state index is -3.70. The molecule has 1 aromatic carbocycles. The summed E-state index contributed by atoms with van der Waals surface area (Å²) in [5.74, 6) is -0.181. The Labute approximate surface area is 184 Å². The van der Waals surface area contributed by atoms with E-state index in [0.29, 0.717) is 31.7 Å². The second-order valence-electron chi connectivity index (χ2n) is 7.02. The Bertz CT molecular complexity index is 1140. The highest BCUT2D eigenvalue weighted by Gasteiger charge is 2.25. The van der Waals surface area contributed by atoms with Crippen LogP contribution in [0.4, 0.5) is 5.13 Å². The molecule has 0 unspecified atom stereocenters. The van der Waals surface area contributed by atoms with Crippen molar-refractivity contribution in [3.8, 4) is 0 Å². The molecular formula is C20H23N5O4S2. The number of nitrogens with zero attached hydrogens (tertiary/aromatic N) is 4. The zero-order valence-electron chi connectivity index (χ0n) is 17.0. The predicted molar refractivity (Wildman–Crippen MR) is 119 cm³/mol. The number of carbonyl (C=O) groups excluding carboxylic acids is 1. The number of rotatable bonds is 7. The second-order valence-corrected chi connectivity index (χ2v) is 9.74. The fourth-order valence-electron chi connectivity index (χ4n) is 3.33. The van der Waals surface area contributed by atoms with Gasteiger partial charge >= 0.3 is 0 Å². The van der Waals surface area contributed by atoms with Gasteiger partial charge in [-0.2, -0.15) is 0 Å². The molecule has 0 radical (unpaired) electrons. The van der Waals surface area contributed by atoms with Crippen molar-refractivity contribution in [3.63, 3.8) is 0 Å². The first kappa shape index (κ1) is 21.6. The summed E-state index contributed by atoms with van der Waals surface area (Å²) in [6, 6.07) is 9.93. The first-order chi connectivity index (χ1) is 15.0. The number of hydrogen-bond acceptors (Lipinski definition) is 8. The summed E-state index contributed by atoms with van der Waals surface area (Å²) in [7, 11) is -2.20. The zero-order valence-corrected chi connectivity index (χ0v) is 18.7. The van der Waals surface area contributed by atoms with Crippen molar-refractivity contribution in [2.45, 2.75) is 4.90 Å². The van der Waals surface area contributed by atoms with Crippen molar-refractivity contribution in [2.24, 2.45) is 0 Å². The van der Waals surface area contributed by atoms with Crippen LogP contribution in [0.3, 0.4) is 0 Å². The van der Waals surface area contributed by atoms with Crippen LogP contribution < -0.4 is 9.62 Å². The number of methoxy groups -OCH3 is 1. The third-order valence-corrected chi connectivity index (χ3v) is 7.48. The first-order valence-electron chi connectivity index (χ1n) is 9.82. The number of aromatic nitrogens is 2. The molecule has 0 saturated carbocycles. The molecule has 0 atom stereocenters. The standard InChI is InChI=1S/C20H23N5O4S2/c1-29-13-8-22-31(27,28)16-5-2-4-15(14-16)19(26)24-9-11-25(12-10-24)20-23-17-6-3-7-21-18(17)30-20/h2-7,14,22H,8-13H2,1H3. The van der Waals surface area contributed by atoms with Gasteiger partial charge in [-0.15, -0.1) is 0 Å². The third-order valence-electron chi connectivity index (χ3n) is 4.98. The van der Waals surface area contributed by atoms with Gasteiger partial charge in [0.25, 0.3) is 5.91 Å². The molecule has 2 aromatic heterocycles. The molecule has 164 valence electrons. The topological polar surface area (TPSA) is 105 Å². The minimum absolute atomic E-state index is 0.0649. The van der Waals surface area contributed by atoms with Crippen LogP contribution in [0, 0.1) is 0 Å². The average molecular weight is 462 g/mol.